The maximum Gasteiger partial charge on any atom is 0.434 e. The van der Waals surface area contributed by atoms with E-state index < -0.39 is 24.1 Å². The Morgan fingerprint density at radius 1 is 1.00 bits per heavy atom. The summed E-state index contributed by atoms with van der Waals surface area (Å²) in [6.45, 7) is 0. The summed E-state index contributed by atoms with van der Waals surface area (Å²) in [5.74, 6) is 0.244. The fourth-order valence-corrected chi connectivity index (χ4v) is 5.04. The minimum absolute atomic E-state index is 0.0408. The number of benzene rings is 1. The van der Waals surface area contributed by atoms with Crippen molar-refractivity contribution in [2.45, 2.75) is 37.2 Å². The largest absolute Gasteiger partial charge is 0.480 e. The van der Waals surface area contributed by atoms with Gasteiger partial charge >= 0.3 is 12.4 Å². The van der Waals surface area contributed by atoms with Gasteiger partial charge in [0.05, 0.1) is 19.1 Å². The van der Waals surface area contributed by atoms with Gasteiger partial charge in [0.15, 0.2) is 29.0 Å². The maximum atomic E-state index is 14.7. The number of H-pyrrole nitrogens is 1. The highest BCUT2D eigenvalue weighted by Gasteiger charge is 2.45. The first-order chi connectivity index (χ1) is 20.4. The van der Waals surface area contributed by atoms with Crippen LogP contribution >= 0.6 is 0 Å². The lowest BCUT2D eigenvalue weighted by molar-refractivity contribution is -0.149. The summed E-state index contributed by atoms with van der Waals surface area (Å²) in [5, 5.41) is 0. The molecule has 0 bridgehead atoms. The number of methoxy groups -OCH3 is 1. The molecule has 4 heterocycles. The quantitative estimate of drug-likeness (QED) is 0.231. The fourth-order valence-electron chi connectivity index (χ4n) is 5.04. The van der Waals surface area contributed by atoms with E-state index in [1.54, 1.807) is 0 Å². The van der Waals surface area contributed by atoms with E-state index in [-0.39, 0.29) is 51.6 Å². The second-order valence-electron chi connectivity index (χ2n) is 10.1. The van der Waals surface area contributed by atoms with Crippen molar-refractivity contribution in [1.82, 2.24) is 39.5 Å². The molecule has 6 rings (SSSR count). The van der Waals surface area contributed by atoms with Gasteiger partial charge in [-0.3, -0.25) is 0 Å². The third kappa shape index (κ3) is 5.21. The zero-order valence-electron chi connectivity index (χ0n) is 22.9. The van der Waals surface area contributed by atoms with Gasteiger partial charge in [0.1, 0.15) is 23.2 Å². The van der Waals surface area contributed by atoms with Crippen molar-refractivity contribution in [3.05, 3.63) is 60.1 Å². The molecule has 1 N–H and O–H groups in total. The monoisotopic (exact) mass is 603 g/mol. The smallest absolute Gasteiger partial charge is 0.434 e. The predicted molar refractivity (Wildman–Crippen MR) is 142 cm³/mol. The molecule has 10 nitrogen and oxygen atoms in total. The van der Waals surface area contributed by atoms with E-state index in [0.717, 1.165) is 23.9 Å². The summed E-state index contributed by atoms with van der Waals surface area (Å²) in [5.41, 5.74) is 0.273. The average Bonchev–Trinajstić information content (AvgIpc) is 3.55. The molecule has 1 saturated carbocycles. The van der Waals surface area contributed by atoms with Gasteiger partial charge in [-0.25, -0.2) is 29.9 Å². The molecule has 1 aliphatic carbocycles. The van der Waals surface area contributed by atoms with Crippen molar-refractivity contribution >= 4 is 17.0 Å². The Kier molecular flexibility index (Phi) is 6.73. The summed E-state index contributed by atoms with van der Waals surface area (Å²) in [6.07, 6.45) is -4.20. The van der Waals surface area contributed by atoms with Crippen LogP contribution in [0.15, 0.2) is 43.1 Å². The van der Waals surface area contributed by atoms with Crippen LogP contribution in [0.1, 0.15) is 41.8 Å². The van der Waals surface area contributed by atoms with Crippen LogP contribution in [-0.4, -0.2) is 59.8 Å². The maximum absolute atomic E-state index is 14.7. The number of hydrogen-bond acceptors (Lipinski definition) is 8. The van der Waals surface area contributed by atoms with E-state index in [1.165, 1.54) is 62.7 Å². The van der Waals surface area contributed by atoms with Crippen molar-refractivity contribution < 1.29 is 31.1 Å². The lowest BCUT2D eigenvalue weighted by Gasteiger charge is -2.31. The van der Waals surface area contributed by atoms with E-state index in [4.69, 9.17) is 4.74 Å². The number of halogens is 6. The highest BCUT2D eigenvalue weighted by atomic mass is 19.4. The number of anilines is 1. The molecule has 1 aromatic carbocycles. The normalized spacial score (nSPS) is 14.7. The number of aromatic amines is 1. The Morgan fingerprint density at radius 3 is 2.33 bits per heavy atom. The van der Waals surface area contributed by atoms with Crippen molar-refractivity contribution in [3.8, 4) is 28.7 Å². The van der Waals surface area contributed by atoms with E-state index in [9.17, 15) is 26.3 Å². The number of aryl methyl sites for hydroxylation is 1. The molecule has 0 spiro atoms. The van der Waals surface area contributed by atoms with Crippen molar-refractivity contribution in [1.29, 1.82) is 0 Å². The van der Waals surface area contributed by atoms with E-state index in [1.807, 2.05) is 0 Å². The molecule has 1 atom stereocenters. The zero-order chi connectivity index (χ0) is 30.7. The van der Waals surface area contributed by atoms with Gasteiger partial charge in [0.2, 0.25) is 5.88 Å². The number of imidazole rings is 2. The Morgan fingerprint density at radius 2 is 1.72 bits per heavy atom. The van der Waals surface area contributed by atoms with E-state index in [2.05, 4.69) is 34.9 Å². The molecule has 0 unspecified atom stereocenters. The summed E-state index contributed by atoms with van der Waals surface area (Å²) >= 11 is 0. The van der Waals surface area contributed by atoms with Gasteiger partial charge in [-0.2, -0.15) is 26.3 Å². The van der Waals surface area contributed by atoms with E-state index >= 15 is 0 Å². The number of rotatable bonds is 7. The molecule has 5 aromatic rings. The first kappa shape index (κ1) is 28.4. The number of alkyl halides is 6. The third-order valence-electron chi connectivity index (χ3n) is 7.17. The van der Waals surface area contributed by atoms with Gasteiger partial charge in [-0.05, 0) is 18.4 Å². The fraction of sp³-hybridized carbons (Fsp3) is 0.333. The van der Waals surface area contributed by atoms with Gasteiger partial charge in [-0.15, -0.1) is 0 Å². The Bertz CT molecular complexity index is 1790. The molecule has 224 valence electrons. The molecule has 43 heavy (non-hydrogen) atoms. The third-order valence-corrected chi connectivity index (χ3v) is 7.17. The molecule has 1 fully saturated rings. The van der Waals surface area contributed by atoms with Crippen LogP contribution in [0.25, 0.3) is 33.9 Å². The Balaban J connectivity index is 1.43. The second kappa shape index (κ2) is 10.2. The van der Waals surface area contributed by atoms with Crippen LogP contribution in [-0.2, 0) is 13.2 Å². The van der Waals surface area contributed by atoms with Crippen LogP contribution in [0.5, 0.6) is 5.88 Å². The summed E-state index contributed by atoms with van der Waals surface area (Å²) in [6, 6.07) is 2.82. The molecular formula is C27H23F6N9O. The molecule has 0 amide bonds. The first-order valence-corrected chi connectivity index (χ1v) is 13.0. The Hall–Kier alpha value is -4.76. The zero-order valence-corrected chi connectivity index (χ0v) is 22.9. The van der Waals surface area contributed by atoms with Crippen LogP contribution < -0.4 is 9.64 Å². The predicted octanol–water partition coefficient (Wildman–Crippen LogP) is 5.86. The molecule has 0 aliphatic heterocycles. The number of nitrogens with one attached hydrogen (secondary N) is 1. The van der Waals surface area contributed by atoms with Crippen molar-refractivity contribution in [2.24, 2.45) is 7.05 Å². The topological polar surface area (TPSA) is 111 Å². The van der Waals surface area contributed by atoms with Gasteiger partial charge in [0.25, 0.3) is 0 Å². The van der Waals surface area contributed by atoms with Crippen molar-refractivity contribution in [2.75, 3.05) is 19.1 Å². The SMILES string of the molecule is COc1ncnc(C2CC2)c1-c1nc(N(C)[C@H](c2ccc(-c3nc(C(F)(F)F)cn3C)cc2)C(F)(F)F)c2[nH]cnc2n1. The van der Waals surface area contributed by atoms with Gasteiger partial charge in [-0.1, -0.05) is 24.3 Å². The number of nitrogens with zero attached hydrogens (tertiary/aromatic N) is 8. The Labute approximate surface area is 239 Å². The summed E-state index contributed by atoms with van der Waals surface area (Å²) < 4.78 is 90.2. The standard InChI is InChI=1S/C27H23F6N9O/c1-41-10-16(26(28,29)30)38-23(41)15-8-6-14(7-9-15)20(27(31,32)33)42(2)24-19-22(36-11-35-19)39-21(40-24)17-18(13-4-5-13)34-12-37-25(17)43-3/h6-13,20H,4-5H2,1-3H3,(H,35,36,39,40)/t20-/m1/s1. The minimum atomic E-state index is -4.78. The highest BCUT2D eigenvalue weighted by molar-refractivity contribution is 5.86. The van der Waals surface area contributed by atoms with Crippen LogP contribution in [0.2, 0.25) is 0 Å². The van der Waals surface area contributed by atoms with Crippen LogP contribution in [0.4, 0.5) is 32.2 Å². The van der Waals surface area contributed by atoms with E-state index in [0.29, 0.717) is 11.3 Å². The minimum Gasteiger partial charge on any atom is -0.480 e. The lowest BCUT2D eigenvalue weighted by atomic mass is 10.0. The van der Waals surface area contributed by atoms with Crippen LogP contribution in [0, 0.1) is 0 Å². The molecule has 16 heteroatoms. The molecule has 0 radical (unpaired) electrons. The molecule has 1 aliphatic rings. The first-order valence-electron chi connectivity index (χ1n) is 13.0. The number of fused-ring (bicyclic) bond motifs is 1. The van der Waals surface area contributed by atoms with Crippen LogP contribution in [0.3, 0.4) is 0 Å². The molecule has 4 aromatic heterocycles. The number of hydrogen-bond donors (Lipinski definition) is 1. The van der Waals surface area contributed by atoms with Crippen molar-refractivity contribution in [3.63, 3.8) is 0 Å². The molecule has 0 saturated heterocycles. The highest BCUT2D eigenvalue weighted by Crippen LogP contribution is 2.46. The second-order valence-corrected chi connectivity index (χ2v) is 10.1. The van der Waals surface area contributed by atoms with Gasteiger partial charge < -0.3 is 19.2 Å². The van der Waals surface area contributed by atoms with Gasteiger partial charge in [0, 0.05) is 31.8 Å². The number of ether oxygens (including phenoxy) is 1. The summed E-state index contributed by atoms with van der Waals surface area (Å²) in [7, 11) is 4.04. The molecular weight excluding hydrogens is 580 g/mol. The average molecular weight is 604 g/mol. The number of aromatic nitrogens is 8. The summed E-state index contributed by atoms with van der Waals surface area (Å²) in [4.78, 5) is 29.1. The lowest BCUT2D eigenvalue weighted by Crippen LogP contribution is -2.36.